The van der Waals surface area contributed by atoms with E-state index in [1.807, 2.05) is 0 Å². The van der Waals surface area contributed by atoms with Gasteiger partial charge in [-0.05, 0) is 56.8 Å². The van der Waals surface area contributed by atoms with Crippen molar-refractivity contribution >= 4 is 0 Å². The predicted molar refractivity (Wildman–Crippen MR) is 87.3 cm³/mol. The van der Waals surface area contributed by atoms with Crippen LogP contribution in [0.5, 0.6) is 0 Å². The Bertz CT molecular complexity index is 466. The molecule has 1 aliphatic carbocycles. The minimum absolute atomic E-state index is 0.388. The molecule has 2 atom stereocenters. The third-order valence-electron chi connectivity index (χ3n) is 5.57. The van der Waals surface area contributed by atoms with Crippen LogP contribution in [0.15, 0.2) is 24.3 Å². The molecule has 1 aromatic rings. The van der Waals surface area contributed by atoms with Crippen molar-refractivity contribution in [1.29, 1.82) is 0 Å². The molecule has 21 heavy (non-hydrogen) atoms. The van der Waals surface area contributed by atoms with Crippen LogP contribution in [-0.2, 0) is 5.60 Å². The summed E-state index contributed by atoms with van der Waals surface area (Å²) in [5.74, 6) is 0.388. The number of rotatable bonds is 3. The number of hydrogen-bond donors (Lipinski definition) is 1. The van der Waals surface area contributed by atoms with Gasteiger partial charge in [-0.1, -0.05) is 43.5 Å². The molecule has 116 valence electrons. The average Bonchev–Trinajstić information content (AvgIpc) is 2.92. The molecule has 1 saturated carbocycles. The molecule has 1 heterocycles. The Morgan fingerprint density at radius 3 is 2.62 bits per heavy atom. The van der Waals surface area contributed by atoms with E-state index in [1.54, 1.807) is 0 Å². The highest BCUT2D eigenvalue weighted by molar-refractivity contribution is 5.32. The van der Waals surface area contributed by atoms with Crippen molar-refractivity contribution in [1.82, 2.24) is 4.90 Å². The van der Waals surface area contributed by atoms with Gasteiger partial charge in [0.2, 0.25) is 0 Å². The van der Waals surface area contributed by atoms with Crippen molar-refractivity contribution in [3.63, 3.8) is 0 Å². The van der Waals surface area contributed by atoms with Gasteiger partial charge in [-0.25, -0.2) is 0 Å². The lowest BCUT2D eigenvalue weighted by Gasteiger charge is -2.38. The molecule has 2 aliphatic rings. The highest BCUT2D eigenvalue weighted by Crippen LogP contribution is 2.42. The summed E-state index contributed by atoms with van der Waals surface area (Å²) in [6.45, 7) is 5.66. The van der Waals surface area contributed by atoms with E-state index in [0.717, 1.165) is 19.4 Å². The molecule has 2 fully saturated rings. The summed E-state index contributed by atoms with van der Waals surface area (Å²) in [4.78, 5) is 2.57. The quantitative estimate of drug-likeness (QED) is 0.853. The third kappa shape index (κ3) is 3.17. The fourth-order valence-electron chi connectivity index (χ4n) is 4.34. The lowest BCUT2D eigenvalue weighted by atomic mass is 9.76. The summed E-state index contributed by atoms with van der Waals surface area (Å²) >= 11 is 0. The van der Waals surface area contributed by atoms with Crippen LogP contribution in [0.4, 0.5) is 0 Å². The smallest absolute Gasteiger partial charge is 0.0939 e. The Morgan fingerprint density at radius 1 is 1.10 bits per heavy atom. The van der Waals surface area contributed by atoms with Gasteiger partial charge >= 0.3 is 0 Å². The molecule has 0 spiro atoms. The maximum absolute atomic E-state index is 11.6. The van der Waals surface area contributed by atoms with Gasteiger partial charge in [-0.3, -0.25) is 0 Å². The molecular formula is C19H29NO. The first-order chi connectivity index (χ1) is 10.2. The van der Waals surface area contributed by atoms with E-state index >= 15 is 0 Å². The van der Waals surface area contributed by atoms with E-state index in [1.165, 1.54) is 56.3 Å². The molecule has 1 aromatic carbocycles. The van der Waals surface area contributed by atoms with Crippen molar-refractivity contribution in [2.45, 2.75) is 57.5 Å². The summed E-state index contributed by atoms with van der Waals surface area (Å²) in [5.41, 5.74) is 1.80. The fraction of sp³-hybridized carbons (Fsp3) is 0.684. The molecule has 1 saturated heterocycles. The average molecular weight is 287 g/mol. The molecule has 2 unspecified atom stereocenters. The zero-order chi connectivity index (χ0) is 14.7. The first-order valence-corrected chi connectivity index (χ1v) is 8.71. The largest absolute Gasteiger partial charge is 0.385 e. The van der Waals surface area contributed by atoms with Crippen molar-refractivity contribution < 1.29 is 5.11 Å². The van der Waals surface area contributed by atoms with Crippen LogP contribution < -0.4 is 0 Å². The molecular weight excluding hydrogens is 258 g/mol. The van der Waals surface area contributed by atoms with Crippen LogP contribution in [0.25, 0.3) is 0 Å². The molecule has 0 radical (unpaired) electrons. The zero-order valence-corrected chi connectivity index (χ0v) is 13.4. The molecule has 3 rings (SSSR count). The lowest BCUT2D eigenvalue weighted by Crippen LogP contribution is -2.41. The van der Waals surface area contributed by atoms with Gasteiger partial charge in [0, 0.05) is 12.5 Å². The number of benzene rings is 1. The van der Waals surface area contributed by atoms with Crippen LogP contribution in [0.3, 0.4) is 0 Å². The van der Waals surface area contributed by atoms with Crippen molar-refractivity contribution in [3.05, 3.63) is 35.4 Å². The van der Waals surface area contributed by atoms with E-state index < -0.39 is 5.60 Å². The van der Waals surface area contributed by atoms with Crippen LogP contribution in [-0.4, -0.2) is 29.6 Å². The summed E-state index contributed by atoms with van der Waals surface area (Å²) in [6.07, 6.45) is 8.45. The van der Waals surface area contributed by atoms with Gasteiger partial charge in [0.1, 0.15) is 0 Å². The maximum Gasteiger partial charge on any atom is 0.0939 e. The normalized spacial score (nSPS) is 31.2. The lowest BCUT2D eigenvalue weighted by molar-refractivity contribution is -0.0415. The molecule has 1 aliphatic heterocycles. The van der Waals surface area contributed by atoms with Gasteiger partial charge in [-0.2, -0.15) is 0 Å². The summed E-state index contributed by atoms with van der Waals surface area (Å²) in [7, 11) is 0. The zero-order valence-electron chi connectivity index (χ0n) is 13.4. The van der Waals surface area contributed by atoms with Gasteiger partial charge in [-0.15, -0.1) is 0 Å². The van der Waals surface area contributed by atoms with E-state index in [-0.39, 0.29) is 0 Å². The molecule has 0 amide bonds. The second kappa shape index (κ2) is 6.50. The Kier molecular flexibility index (Phi) is 4.66. The van der Waals surface area contributed by atoms with Crippen molar-refractivity contribution in [3.8, 4) is 0 Å². The van der Waals surface area contributed by atoms with Crippen LogP contribution in [0.1, 0.15) is 56.1 Å². The number of hydrogen-bond acceptors (Lipinski definition) is 2. The Labute approximate surface area is 129 Å². The van der Waals surface area contributed by atoms with Crippen molar-refractivity contribution in [2.75, 3.05) is 19.6 Å². The highest BCUT2D eigenvalue weighted by Gasteiger charge is 2.40. The second-order valence-electron chi connectivity index (χ2n) is 7.04. The molecule has 2 nitrogen and oxygen atoms in total. The van der Waals surface area contributed by atoms with E-state index in [9.17, 15) is 5.11 Å². The fourth-order valence-corrected chi connectivity index (χ4v) is 4.34. The van der Waals surface area contributed by atoms with E-state index in [2.05, 4.69) is 36.1 Å². The first kappa shape index (κ1) is 15.1. The monoisotopic (exact) mass is 287 g/mol. The molecule has 1 N–H and O–H groups in total. The third-order valence-corrected chi connectivity index (χ3v) is 5.57. The summed E-state index contributed by atoms with van der Waals surface area (Å²) in [6, 6.07) is 8.45. The first-order valence-electron chi connectivity index (χ1n) is 8.71. The number of likely N-dealkylation sites (tertiary alicyclic amines) is 1. The minimum atomic E-state index is -0.621. The Balaban J connectivity index is 1.88. The maximum atomic E-state index is 11.6. The molecule has 0 bridgehead atoms. The van der Waals surface area contributed by atoms with E-state index in [0.29, 0.717) is 5.92 Å². The second-order valence-corrected chi connectivity index (χ2v) is 7.04. The summed E-state index contributed by atoms with van der Waals surface area (Å²) < 4.78 is 0. The summed E-state index contributed by atoms with van der Waals surface area (Å²) in [5, 5.41) is 11.6. The van der Waals surface area contributed by atoms with Gasteiger partial charge in [0.05, 0.1) is 5.60 Å². The number of nitrogens with zero attached hydrogens (tertiary/aromatic N) is 1. The topological polar surface area (TPSA) is 23.5 Å². The van der Waals surface area contributed by atoms with Crippen LogP contribution in [0.2, 0.25) is 0 Å². The minimum Gasteiger partial charge on any atom is -0.385 e. The Morgan fingerprint density at radius 2 is 1.86 bits per heavy atom. The van der Waals surface area contributed by atoms with Crippen molar-refractivity contribution in [2.24, 2.45) is 5.92 Å². The predicted octanol–water partition coefficient (Wildman–Crippen LogP) is 3.86. The van der Waals surface area contributed by atoms with Crippen LogP contribution >= 0.6 is 0 Å². The highest BCUT2D eigenvalue weighted by atomic mass is 16.3. The number of aryl methyl sites for hydroxylation is 1. The van der Waals surface area contributed by atoms with Gasteiger partial charge in [0.25, 0.3) is 0 Å². The van der Waals surface area contributed by atoms with Crippen LogP contribution in [0, 0.1) is 12.8 Å². The van der Waals surface area contributed by atoms with E-state index in [4.69, 9.17) is 0 Å². The van der Waals surface area contributed by atoms with Gasteiger partial charge < -0.3 is 10.0 Å². The molecule has 0 aromatic heterocycles. The van der Waals surface area contributed by atoms with Gasteiger partial charge in [0.15, 0.2) is 0 Å². The SMILES string of the molecule is Cc1ccccc1C1(O)CCCCCC1CN1CCCC1. The number of aliphatic hydroxyl groups is 1. The Hall–Kier alpha value is -0.860. The molecule has 2 heteroatoms. The standard InChI is InChI=1S/C19H29NO/c1-16-9-4-5-11-18(16)19(21)12-6-2-3-10-17(19)15-20-13-7-8-14-20/h4-5,9,11,17,21H,2-3,6-8,10,12-15H2,1H3.